The highest BCUT2D eigenvalue weighted by Crippen LogP contribution is 2.40. The molecule has 0 amide bonds. The number of hydrogen-bond donors (Lipinski definition) is 2. The lowest BCUT2D eigenvalue weighted by Crippen LogP contribution is -2.31. The first kappa shape index (κ1) is 8.33. The zero-order valence-electron chi connectivity index (χ0n) is 6.29. The average Bonchev–Trinajstić information content (AvgIpc) is 1.88. The van der Waals surface area contributed by atoms with E-state index in [1.807, 2.05) is 0 Å². The van der Waals surface area contributed by atoms with Crippen LogP contribution in [0.4, 0.5) is 0 Å². The highest BCUT2D eigenvalue weighted by Gasteiger charge is 2.18. The molecule has 1 rings (SSSR count). The molecule has 2 N–H and O–H groups in total. The lowest BCUT2D eigenvalue weighted by Gasteiger charge is -2.41. The monoisotopic (exact) mass is 165 g/mol. The molecule has 1 fully saturated rings. The van der Waals surface area contributed by atoms with E-state index in [-0.39, 0.29) is 0 Å². The smallest absolute Gasteiger partial charge is 0.0418 e. The molecule has 0 aromatic carbocycles. The van der Waals surface area contributed by atoms with Crippen molar-refractivity contribution in [2.75, 3.05) is 19.3 Å². The molecule has 1 aliphatic heterocycles. The standard InChI is InChI=1S/C6H15NO2S/c1-10(8,9)7-5-3-2-4-6-7/h8-9H,2-6H2,1H3. The maximum Gasteiger partial charge on any atom is 0.0418 e. The van der Waals surface area contributed by atoms with Gasteiger partial charge in [0.25, 0.3) is 0 Å². The summed E-state index contributed by atoms with van der Waals surface area (Å²) in [6.45, 7) is 1.69. The van der Waals surface area contributed by atoms with Crippen molar-refractivity contribution in [1.29, 1.82) is 0 Å². The van der Waals surface area contributed by atoms with Crippen molar-refractivity contribution in [2.24, 2.45) is 0 Å². The first-order valence-corrected chi connectivity index (χ1v) is 5.50. The minimum atomic E-state index is -2.39. The van der Waals surface area contributed by atoms with Gasteiger partial charge in [0.05, 0.1) is 0 Å². The van der Waals surface area contributed by atoms with Crippen LogP contribution in [0.15, 0.2) is 0 Å². The van der Waals surface area contributed by atoms with Crippen molar-refractivity contribution >= 4 is 10.8 Å². The summed E-state index contributed by atoms with van der Waals surface area (Å²) in [4.78, 5) is 0. The summed E-state index contributed by atoms with van der Waals surface area (Å²) >= 11 is 0. The van der Waals surface area contributed by atoms with Crippen LogP contribution in [0.25, 0.3) is 0 Å². The Balaban J connectivity index is 2.39. The van der Waals surface area contributed by atoms with Crippen molar-refractivity contribution in [3.63, 3.8) is 0 Å². The zero-order valence-corrected chi connectivity index (χ0v) is 7.10. The Hall–Kier alpha value is 0.230. The summed E-state index contributed by atoms with van der Waals surface area (Å²) < 4.78 is 20.2. The summed E-state index contributed by atoms with van der Waals surface area (Å²) in [6.07, 6.45) is 4.93. The van der Waals surface area contributed by atoms with E-state index in [9.17, 15) is 9.11 Å². The summed E-state index contributed by atoms with van der Waals surface area (Å²) in [5.74, 6) is 0. The molecule has 1 aliphatic rings. The molecule has 0 saturated carbocycles. The van der Waals surface area contributed by atoms with Crippen molar-refractivity contribution in [3.05, 3.63) is 0 Å². The Labute approximate surface area is 63.5 Å². The van der Waals surface area contributed by atoms with Crippen molar-refractivity contribution in [1.82, 2.24) is 4.31 Å². The molecule has 0 aromatic rings. The second-order valence-electron chi connectivity index (χ2n) is 2.78. The van der Waals surface area contributed by atoms with Gasteiger partial charge in [-0.25, -0.2) is 4.31 Å². The fraction of sp³-hybridized carbons (Fsp3) is 1.00. The van der Waals surface area contributed by atoms with Gasteiger partial charge in [0.15, 0.2) is 0 Å². The molecule has 0 aliphatic carbocycles. The van der Waals surface area contributed by atoms with Crippen LogP contribution in [0.3, 0.4) is 0 Å². The van der Waals surface area contributed by atoms with E-state index in [1.54, 1.807) is 4.31 Å². The molecule has 4 heteroatoms. The van der Waals surface area contributed by atoms with Crippen LogP contribution < -0.4 is 0 Å². The Morgan fingerprint density at radius 2 is 1.60 bits per heavy atom. The predicted molar refractivity (Wildman–Crippen MR) is 44.2 cm³/mol. The lowest BCUT2D eigenvalue weighted by atomic mass is 10.2. The van der Waals surface area contributed by atoms with Crippen LogP contribution in [0, 0.1) is 0 Å². The maximum atomic E-state index is 9.21. The number of rotatable bonds is 1. The van der Waals surface area contributed by atoms with Gasteiger partial charge in [-0.3, -0.25) is 9.11 Å². The lowest BCUT2D eigenvalue weighted by molar-refractivity contribution is 0.308. The average molecular weight is 165 g/mol. The molecule has 0 aromatic heterocycles. The number of piperidine rings is 1. The predicted octanol–water partition coefficient (Wildman–Crippen LogP) is 1.77. The van der Waals surface area contributed by atoms with Crippen LogP contribution in [0.5, 0.6) is 0 Å². The second kappa shape index (κ2) is 3.09. The summed E-state index contributed by atoms with van der Waals surface area (Å²) in [7, 11) is -2.39. The second-order valence-corrected chi connectivity index (χ2v) is 4.88. The number of hydrogen-bond acceptors (Lipinski definition) is 3. The third-order valence-electron chi connectivity index (χ3n) is 1.80. The summed E-state index contributed by atoms with van der Waals surface area (Å²) in [5.41, 5.74) is 0. The van der Waals surface area contributed by atoms with Crippen molar-refractivity contribution in [2.45, 2.75) is 19.3 Å². The fourth-order valence-electron chi connectivity index (χ4n) is 1.21. The van der Waals surface area contributed by atoms with Gasteiger partial charge in [0.1, 0.15) is 0 Å². The van der Waals surface area contributed by atoms with Gasteiger partial charge in [0.2, 0.25) is 0 Å². The van der Waals surface area contributed by atoms with Gasteiger partial charge in [-0.1, -0.05) is 6.42 Å². The molecule has 62 valence electrons. The molecule has 0 atom stereocenters. The molecule has 1 saturated heterocycles. The van der Waals surface area contributed by atoms with Crippen LogP contribution in [0.2, 0.25) is 0 Å². The third kappa shape index (κ3) is 2.12. The largest absolute Gasteiger partial charge is 0.286 e. The zero-order chi connectivity index (χ0) is 7.61. The molecular weight excluding hydrogens is 150 g/mol. The Kier molecular flexibility index (Phi) is 2.57. The highest BCUT2D eigenvalue weighted by atomic mass is 32.3. The molecule has 0 bridgehead atoms. The maximum absolute atomic E-state index is 9.21. The van der Waals surface area contributed by atoms with Crippen LogP contribution in [-0.4, -0.2) is 32.8 Å². The summed E-state index contributed by atoms with van der Waals surface area (Å²) in [6, 6.07) is 0. The molecule has 3 nitrogen and oxygen atoms in total. The molecule has 0 unspecified atom stereocenters. The van der Waals surface area contributed by atoms with E-state index in [0.717, 1.165) is 25.9 Å². The third-order valence-corrected chi connectivity index (χ3v) is 3.15. The Morgan fingerprint density at radius 1 is 1.10 bits per heavy atom. The minimum Gasteiger partial charge on any atom is -0.286 e. The molecule has 10 heavy (non-hydrogen) atoms. The first-order chi connectivity index (χ1) is 4.61. The van der Waals surface area contributed by atoms with E-state index in [4.69, 9.17) is 0 Å². The van der Waals surface area contributed by atoms with Crippen LogP contribution in [-0.2, 0) is 0 Å². The van der Waals surface area contributed by atoms with Crippen molar-refractivity contribution in [3.8, 4) is 0 Å². The normalized spacial score (nSPS) is 24.7. The van der Waals surface area contributed by atoms with Gasteiger partial charge >= 0.3 is 0 Å². The van der Waals surface area contributed by atoms with Crippen LogP contribution >= 0.6 is 10.8 Å². The number of nitrogens with zero attached hydrogens (tertiary/aromatic N) is 1. The minimum absolute atomic E-state index is 0.846. The van der Waals surface area contributed by atoms with E-state index >= 15 is 0 Å². The van der Waals surface area contributed by atoms with Crippen molar-refractivity contribution < 1.29 is 9.11 Å². The summed E-state index contributed by atoms with van der Waals surface area (Å²) in [5, 5.41) is 0. The highest BCUT2D eigenvalue weighted by molar-refractivity contribution is 8.21. The van der Waals surface area contributed by atoms with Gasteiger partial charge in [-0.15, -0.1) is 10.8 Å². The van der Waals surface area contributed by atoms with E-state index in [2.05, 4.69) is 0 Å². The van der Waals surface area contributed by atoms with Gasteiger partial charge in [-0.05, 0) is 12.8 Å². The SMILES string of the molecule is CS(O)(O)N1CCCCC1. The molecule has 0 spiro atoms. The van der Waals surface area contributed by atoms with Gasteiger partial charge in [0, 0.05) is 19.3 Å². The van der Waals surface area contributed by atoms with Gasteiger partial charge in [-0.2, -0.15) is 0 Å². The topological polar surface area (TPSA) is 43.7 Å². The van der Waals surface area contributed by atoms with E-state index in [1.165, 1.54) is 12.7 Å². The molecular formula is C6H15NO2S. The van der Waals surface area contributed by atoms with Crippen LogP contribution in [0.1, 0.15) is 19.3 Å². The molecule has 1 heterocycles. The first-order valence-electron chi connectivity index (χ1n) is 3.59. The fourth-order valence-corrected chi connectivity index (χ4v) is 2.16. The Bertz CT molecular complexity index is 107. The Morgan fingerprint density at radius 3 is 1.90 bits per heavy atom. The quantitative estimate of drug-likeness (QED) is 0.622. The van der Waals surface area contributed by atoms with E-state index in [0.29, 0.717) is 0 Å². The van der Waals surface area contributed by atoms with E-state index < -0.39 is 10.8 Å². The van der Waals surface area contributed by atoms with Gasteiger partial charge < -0.3 is 0 Å². The molecule has 0 radical (unpaired) electrons.